The summed E-state index contributed by atoms with van der Waals surface area (Å²) in [6.45, 7) is 0. The molecular formula is C11H9ClFN3. The molecule has 0 atom stereocenters. The zero-order valence-corrected chi connectivity index (χ0v) is 9.00. The Morgan fingerprint density at radius 1 is 1.25 bits per heavy atom. The highest BCUT2D eigenvalue weighted by molar-refractivity contribution is 6.33. The summed E-state index contributed by atoms with van der Waals surface area (Å²) < 4.78 is 12.8. The number of hydrogen-bond donors (Lipinski definition) is 2. The molecule has 0 spiro atoms. The van der Waals surface area contributed by atoms with Crippen molar-refractivity contribution in [2.75, 3.05) is 11.1 Å². The molecule has 0 aliphatic rings. The van der Waals surface area contributed by atoms with E-state index in [0.717, 1.165) is 5.69 Å². The second-order valence-corrected chi connectivity index (χ2v) is 3.63. The van der Waals surface area contributed by atoms with Gasteiger partial charge in [-0.25, -0.2) is 9.37 Å². The summed E-state index contributed by atoms with van der Waals surface area (Å²) in [5.74, 6) is 0.0711. The number of pyridine rings is 1. The molecule has 2 aromatic rings. The topological polar surface area (TPSA) is 50.9 Å². The lowest BCUT2D eigenvalue weighted by atomic mass is 10.3. The first kappa shape index (κ1) is 10.7. The molecule has 0 saturated heterocycles. The Morgan fingerprint density at radius 2 is 2.06 bits per heavy atom. The maximum absolute atomic E-state index is 12.8. The number of nitrogens with one attached hydrogen (secondary N) is 1. The van der Waals surface area contributed by atoms with Gasteiger partial charge in [-0.05, 0) is 30.3 Å². The molecule has 3 N–H and O–H groups in total. The lowest BCUT2D eigenvalue weighted by molar-refractivity contribution is 0.628. The van der Waals surface area contributed by atoms with Crippen LogP contribution in [0, 0.1) is 5.82 Å². The molecule has 0 fully saturated rings. The van der Waals surface area contributed by atoms with Gasteiger partial charge in [-0.15, -0.1) is 0 Å². The molecular weight excluding hydrogens is 229 g/mol. The quantitative estimate of drug-likeness (QED) is 0.843. The van der Waals surface area contributed by atoms with Crippen molar-refractivity contribution < 1.29 is 4.39 Å². The number of rotatable bonds is 2. The Bertz CT molecular complexity index is 499. The van der Waals surface area contributed by atoms with Crippen LogP contribution in [0.25, 0.3) is 0 Å². The van der Waals surface area contributed by atoms with Crippen molar-refractivity contribution in [1.82, 2.24) is 4.98 Å². The lowest BCUT2D eigenvalue weighted by Crippen LogP contribution is -1.94. The van der Waals surface area contributed by atoms with Crippen molar-refractivity contribution in [3.63, 3.8) is 0 Å². The van der Waals surface area contributed by atoms with E-state index in [9.17, 15) is 4.39 Å². The first-order valence-corrected chi connectivity index (χ1v) is 4.96. The van der Waals surface area contributed by atoms with Crippen LogP contribution in [0.1, 0.15) is 0 Å². The standard InChI is InChI=1S/C11H9ClFN3/c12-9-5-7(13)1-3-10(9)16-8-2-4-11(14)15-6-8/h1-6,16H,(H2,14,15). The van der Waals surface area contributed by atoms with E-state index in [-0.39, 0.29) is 5.82 Å². The van der Waals surface area contributed by atoms with Gasteiger partial charge in [0.1, 0.15) is 11.6 Å². The van der Waals surface area contributed by atoms with Crippen LogP contribution in [0.4, 0.5) is 21.6 Å². The summed E-state index contributed by atoms with van der Waals surface area (Å²) in [6, 6.07) is 7.57. The molecule has 0 saturated carbocycles. The summed E-state index contributed by atoms with van der Waals surface area (Å²) in [6.07, 6.45) is 1.58. The number of nitrogens with two attached hydrogens (primary N) is 1. The van der Waals surface area contributed by atoms with Crippen molar-refractivity contribution in [1.29, 1.82) is 0 Å². The predicted octanol–water partition coefficient (Wildman–Crippen LogP) is 3.20. The SMILES string of the molecule is Nc1ccc(Nc2ccc(F)cc2Cl)cn1. The average molecular weight is 238 g/mol. The molecule has 0 amide bonds. The van der Waals surface area contributed by atoms with E-state index in [1.165, 1.54) is 12.1 Å². The molecule has 0 unspecified atom stereocenters. The van der Waals surface area contributed by atoms with E-state index in [4.69, 9.17) is 17.3 Å². The molecule has 16 heavy (non-hydrogen) atoms. The number of aromatic nitrogens is 1. The van der Waals surface area contributed by atoms with Crippen molar-refractivity contribution >= 4 is 28.8 Å². The van der Waals surface area contributed by atoms with Gasteiger partial charge in [0.2, 0.25) is 0 Å². The molecule has 0 aliphatic carbocycles. The molecule has 82 valence electrons. The van der Waals surface area contributed by atoms with E-state index in [2.05, 4.69) is 10.3 Å². The van der Waals surface area contributed by atoms with Crippen LogP contribution < -0.4 is 11.1 Å². The summed E-state index contributed by atoms with van der Waals surface area (Å²) in [5.41, 5.74) is 6.81. The first-order chi connectivity index (χ1) is 7.65. The highest BCUT2D eigenvalue weighted by Gasteiger charge is 2.02. The zero-order valence-electron chi connectivity index (χ0n) is 8.24. The molecule has 1 heterocycles. The van der Waals surface area contributed by atoms with E-state index < -0.39 is 0 Å². The molecule has 0 bridgehead atoms. The Morgan fingerprint density at radius 3 is 2.69 bits per heavy atom. The van der Waals surface area contributed by atoms with Crippen molar-refractivity contribution in [3.8, 4) is 0 Å². The Kier molecular flexibility index (Phi) is 2.92. The van der Waals surface area contributed by atoms with E-state index in [1.807, 2.05) is 0 Å². The van der Waals surface area contributed by atoms with Crippen LogP contribution in [0.5, 0.6) is 0 Å². The van der Waals surface area contributed by atoms with Gasteiger partial charge in [-0.2, -0.15) is 0 Å². The fourth-order valence-corrected chi connectivity index (χ4v) is 1.44. The van der Waals surface area contributed by atoms with Gasteiger partial charge in [-0.1, -0.05) is 11.6 Å². The monoisotopic (exact) mass is 237 g/mol. The fourth-order valence-electron chi connectivity index (χ4n) is 1.23. The average Bonchev–Trinajstić information content (AvgIpc) is 2.25. The van der Waals surface area contributed by atoms with Gasteiger partial charge >= 0.3 is 0 Å². The van der Waals surface area contributed by atoms with Crippen LogP contribution in [0.15, 0.2) is 36.5 Å². The van der Waals surface area contributed by atoms with Gasteiger partial charge in [0, 0.05) is 0 Å². The summed E-state index contributed by atoms with van der Waals surface area (Å²) in [5, 5.41) is 3.33. The number of nitrogens with zero attached hydrogens (tertiary/aromatic N) is 1. The minimum absolute atomic E-state index is 0.317. The van der Waals surface area contributed by atoms with Gasteiger partial charge < -0.3 is 11.1 Å². The maximum Gasteiger partial charge on any atom is 0.124 e. The fraction of sp³-hybridized carbons (Fsp3) is 0. The van der Waals surface area contributed by atoms with Crippen LogP contribution in [-0.2, 0) is 0 Å². The number of anilines is 3. The van der Waals surface area contributed by atoms with Gasteiger partial charge in [-0.3, -0.25) is 0 Å². The Hall–Kier alpha value is -1.81. The normalized spacial score (nSPS) is 10.1. The first-order valence-electron chi connectivity index (χ1n) is 4.59. The van der Waals surface area contributed by atoms with Crippen LogP contribution >= 0.6 is 11.6 Å². The predicted molar refractivity (Wildman–Crippen MR) is 63.3 cm³/mol. The molecule has 0 radical (unpaired) electrons. The maximum atomic E-state index is 12.8. The Balaban J connectivity index is 2.23. The summed E-state index contributed by atoms with van der Waals surface area (Å²) in [7, 11) is 0. The van der Waals surface area contributed by atoms with E-state index in [1.54, 1.807) is 24.4 Å². The van der Waals surface area contributed by atoms with Crippen LogP contribution in [0.2, 0.25) is 5.02 Å². The minimum atomic E-state index is -0.369. The van der Waals surface area contributed by atoms with Crippen molar-refractivity contribution in [3.05, 3.63) is 47.4 Å². The molecule has 0 aliphatic heterocycles. The largest absolute Gasteiger partial charge is 0.384 e. The second kappa shape index (κ2) is 4.37. The highest BCUT2D eigenvalue weighted by Crippen LogP contribution is 2.25. The smallest absolute Gasteiger partial charge is 0.124 e. The number of hydrogen-bond acceptors (Lipinski definition) is 3. The third kappa shape index (κ3) is 2.41. The number of nitrogen functional groups attached to an aromatic ring is 1. The van der Waals surface area contributed by atoms with E-state index in [0.29, 0.717) is 16.5 Å². The number of halogens is 2. The van der Waals surface area contributed by atoms with E-state index >= 15 is 0 Å². The molecule has 1 aromatic heterocycles. The summed E-state index contributed by atoms with van der Waals surface area (Å²) in [4.78, 5) is 3.92. The number of benzene rings is 1. The molecule has 1 aromatic carbocycles. The third-order valence-electron chi connectivity index (χ3n) is 2.00. The van der Waals surface area contributed by atoms with Gasteiger partial charge in [0.15, 0.2) is 0 Å². The molecule has 5 heteroatoms. The Labute approximate surface area is 97.1 Å². The van der Waals surface area contributed by atoms with Crippen molar-refractivity contribution in [2.24, 2.45) is 0 Å². The summed E-state index contributed by atoms with van der Waals surface area (Å²) >= 11 is 5.86. The third-order valence-corrected chi connectivity index (χ3v) is 2.31. The molecule has 3 nitrogen and oxygen atoms in total. The minimum Gasteiger partial charge on any atom is -0.384 e. The van der Waals surface area contributed by atoms with Crippen LogP contribution in [0.3, 0.4) is 0 Å². The lowest BCUT2D eigenvalue weighted by Gasteiger charge is -2.07. The van der Waals surface area contributed by atoms with Crippen molar-refractivity contribution in [2.45, 2.75) is 0 Å². The zero-order chi connectivity index (χ0) is 11.5. The van der Waals surface area contributed by atoms with Gasteiger partial charge in [0.05, 0.1) is 22.6 Å². The van der Waals surface area contributed by atoms with Crippen LogP contribution in [-0.4, -0.2) is 4.98 Å². The molecule has 2 rings (SSSR count). The van der Waals surface area contributed by atoms with Gasteiger partial charge in [0.25, 0.3) is 0 Å². The second-order valence-electron chi connectivity index (χ2n) is 3.22. The highest BCUT2D eigenvalue weighted by atomic mass is 35.5.